The molecular formula is C20H20FN3O4. The van der Waals surface area contributed by atoms with Crippen molar-refractivity contribution in [3.05, 3.63) is 70.0 Å². The highest BCUT2D eigenvalue weighted by Gasteiger charge is 2.11. The van der Waals surface area contributed by atoms with Gasteiger partial charge in [0.15, 0.2) is 11.6 Å². The Hall–Kier alpha value is -3.26. The number of benzene rings is 2. The van der Waals surface area contributed by atoms with E-state index < -0.39 is 11.8 Å². The second-order valence-corrected chi connectivity index (χ2v) is 6.25. The molecule has 0 radical (unpaired) electrons. The number of methoxy groups -OCH3 is 1. The van der Waals surface area contributed by atoms with Crippen molar-refractivity contribution in [1.82, 2.24) is 14.9 Å². The van der Waals surface area contributed by atoms with Crippen molar-refractivity contribution in [2.24, 2.45) is 0 Å². The fourth-order valence-corrected chi connectivity index (χ4v) is 2.72. The standard InChI is InChI=1S/C20H20FN3O4/c1-24(9-10-28-17-6-4-3-5-15(17)21)12-18-22-16-11-13(20(26)27-2)7-8-14(16)19(25)23-18/h3-8,11H,9-10,12H2,1-2H3,(H,22,23,25). The van der Waals surface area contributed by atoms with E-state index in [-0.39, 0.29) is 17.9 Å². The van der Waals surface area contributed by atoms with E-state index in [0.717, 1.165) is 0 Å². The molecule has 28 heavy (non-hydrogen) atoms. The Morgan fingerprint density at radius 1 is 1.25 bits per heavy atom. The lowest BCUT2D eigenvalue weighted by molar-refractivity contribution is 0.0601. The minimum absolute atomic E-state index is 0.198. The molecule has 0 aliphatic carbocycles. The number of hydrogen-bond acceptors (Lipinski definition) is 6. The number of halogens is 1. The fraction of sp³-hybridized carbons (Fsp3) is 0.250. The van der Waals surface area contributed by atoms with Crippen LogP contribution >= 0.6 is 0 Å². The van der Waals surface area contributed by atoms with Gasteiger partial charge in [0.05, 0.1) is 30.1 Å². The normalized spacial score (nSPS) is 11.0. The summed E-state index contributed by atoms with van der Waals surface area (Å²) in [7, 11) is 3.13. The molecule has 146 valence electrons. The van der Waals surface area contributed by atoms with Crippen molar-refractivity contribution in [1.29, 1.82) is 0 Å². The van der Waals surface area contributed by atoms with Crippen LogP contribution in [0.2, 0.25) is 0 Å². The predicted octanol–water partition coefficient (Wildman–Crippen LogP) is 2.36. The number of H-pyrrole nitrogens is 1. The van der Waals surface area contributed by atoms with Gasteiger partial charge in [0.2, 0.25) is 0 Å². The van der Waals surface area contributed by atoms with Crippen LogP contribution < -0.4 is 10.3 Å². The van der Waals surface area contributed by atoms with Crippen molar-refractivity contribution >= 4 is 16.9 Å². The average molecular weight is 385 g/mol. The van der Waals surface area contributed by atoms with E-state index in [0.29, 0.717) is 35.4 Å². The number of carbonyl (C=O) groups excluding carboxylic acids is 1. The van der Waals surface area contributed by atoms with Crippen LogP contribution in [0.4, 0.5) is 4.39 Å². The van der Waals surface area contributed by atoms with E-state index in [2.05, 4.69) is 9.97 Å². The number of para-hydroxylation sites is 1. The summed E-state index contributed by atoms with van der Waals surface area (Å²) in [5, 5.41) is 0.391. The lowest BCUT2D eigenvalue weighted by atomic mass is 10.1. The third-order valence-corrected chi connectivity index (χ3v) is 4.16. The van der Waals surface area contributed by atoms with E-state index >= 15 is 0 Å². The van der Waals surface area contributed by atoms with Gasteiger partial charge in [0.1, 0.15) is 12.4 Å². The molecular weight excluding hydrogens is 365 g/mol. The topological polar surface area (TPSA) is 84.5 Å². The molecule has 1 N–H and O–H groups in total. The number of aromatic nitrogens is 2. The minimum Gasteiger partial charge on any atom is -0.489 e. The largest absolute Gasteiger partial charge is 0.489 e. The molecule has 0 bridgehead atoms. The molecule has 2 aromatic carbocycles. The molecule has 0 saturated carbocycles. The lowest BCUT2D eigenvalue weighted by Crippen LogP contribution is -2.26. The SMILES string of the molecule is COC(=O)c1ccc2c(=O)[nH]c(CN(C)CCOc3ccccc3F)nc2c1. The van der Waals surface area contributed by atoms with Gasteiger partial charge in [-0.1, -0.05) is 12.1 Å². The monoisotopic (exact) mass is 385 g/mol. The molecule has 0 spiro atoms. The van der Waals surface area contributed by atoms with Crippen LogP contribution in [0.15, 0.2) is 47.3 Å². The van der Waals surface area contributed by atoms with Gasteiger partial charge < -0.3 is 14.5 Å². The van der Waals surface area contributed by atoms with Gasteiger partial charge in [-0.3, -0.25) is 9.69 Å². The Morgan fingerprint density at radius 2 is 2.04 bits per heavy atom. The summed E-state index contributed by atoms with van der Waals surface area (Å²) in [4.78, 5) is 33.0. The van der Waals surface area contributed by atoms with Crippen molar-refractivity contribution in [2.75, 3.05) is 27.3 Å². The molecule has 0 amide bonds. The van der Waals surface area contributed by atoms with Gasteiger partial charge in [-0.2, -0.15) is 0 Å². The lowest BCUT2D eigenvalue weighted by Gasteiger charge is -2.16. The van der Waals surface area contributed by atoms with E-state index in [9.17, 15) is 14.0 Å². The summed E-state index contributed by atoms with van der Waals surface area (Å²) in [6, 6.07) is 10.8. The highest BCUT2D eigenvalue weighted by atomic mass is 19.1. The molecule has 0 aliphatic heterocycles. The van der Waals surface area contributed by atoms with E-state index in [1.165, 1.54) is 25.3 Å². The average Bonchev–Trinajstić information content (AvgIpc) is 2.68. The highest BCUT2D eigenvalue weighted by Crippen LogP contribution is 2.15. The van der Waals surface area contributed by atoms with Crippen molar-refractivity contribution in [3.63, 3.8) is 0 Å². The molecule has 0 fully saturated rings. The number of ether oxygens (including phenoxy) is 2. The van der Waals surface area contributed by atoms with E-state index in [1.54, 1.807) is 24.3 Å². The maximum Gasteiger partial charge on any atom is 0.337 e. The molecule has 1 heterocycles. The van der Waals surface area contributed by atoms with Gasteiger partial charge in [-0.25, -0.2) is 14.2 Å². The second-order valence-electron chi connectivity index (χ2n) is 6.25. The van der Waals surface area contributed by atoms with Gasteiger partial charge in [0.25, 0.3) is 5.56 Å². The summed E-state index contributed by atoms with van der Waals surface area (Å²) in [5.41, 5.74) is 0.454. The quantitative estimate of drug-likeness (QED) is 0.629. The minimum atomic E-state index is -0.493. The number of carbonyl (C=O) groups is 1. The molecule has 3 aromatic rings. The molecule has 0 aliphatic rings. The number of likely N-dealkylation sites (N-methyl/N-ethyl adjacent to an activating group) is 1. The summed E-state index contributed by atoms with van der Waals surface area (Å²) in [6.07, 6.45) is 0. The van der Waals surface area contributed by atoms with Gasteiger partial charge >= 0.3 is 5.97 Å². The first kappa shape index (κ1) is 19.5. The number of nitrogens with one attached hydrogen (secondary N) is 1. The number of aromatic amines is 1. The van der Waals surface area contributed by atoms with Gasteiger partial charge in [-0.05, 0) is 37.4 Å². The Kier molecular flexibility index (Phi) is 6.00. The fourth-order valence-electron chi connectivity index (χ4n) is 2.72. The summed E-state index contributed by atoms with van der Waals surface area (Å²) in [6.45, 7) is 1.13. The highest BCUT2D eigenvalue weighted by molar-refractivity contribution is 5.93. The third-order valence-electron chi connectivity index (χ3n) is 4.16. The van der Waals surface area contributed by atoms with E-state index in [4.69, 9.17) is 9.47 Å². The maximum absolute atomic E-state index is 13.5. The molecule has 1 aromatic heterocycles. The van der Waals surface area contributed by atoms with Crippen molar-refractivity contribution in [3.8, 4) is 5.75 Å². The summed E-state index contributed by atoms with van der Waals surface area (Å²) < 4.78 is 23.7. The summed E-state index contributed by atoms with van der Waals surface area (Å²) in [5.74, 6) is -0.253. The van der Waals surface area contributed by atoms with Crippen LogP contribution in [0.1, 0.15) is 16.2 Å². The molecule has 3 rings (SSSR count). The summed E-state index contributed by atoms with van der Waals surface area (Å²) >= 11 is 0. The Labute approximate surface area is 160 Å². The molecule has 7 nitrogen and oxygen atoms in total. The van der Waals surface area contributed by atoms with Crippen LogP contribution in [0.25, 0.3) is 10.9 Å². The molecule has 0 atom stereocenters. The van der Waals surface area contributed by atoms with Crippen LogP contribution in [-0.2, 0) is 11.3 Å². The first-order chi connectivity index (χ1) is 13.5. The zero-order valence-electron chi connectivity index (χ0n) is 15.6. The zero-order valence-corrected chi connectivity index (χ0v) is 15.6. The number of fused-ring (bicyclic) bond motifs is 1. The Balaban J connectivity index is 1.68. The first-order valence-corrected chi connectivity index (χ1v) is 8.65. The van der Waals surface area contributed by atoms with Crippen LogP contribution in [-0.4, -0.2) is 48.1 Å². The zero-order chi connectivity index (χ0) is 20.1. The van der Waals surface area contributed by atoms with E-state index in [1.807, 2.05) is 11.9 Å². The molecule has 0 saturated heterocycles. The number of rotatable bonds is 7. The smallest absolute Gasteiger partial charge is 0.337 e. The van der Waals surface area contributed by atoms with Gasteiger partial charge in [0, 0.05) is 6.54 Å². The van der Waals surface area contributed by atoms with Crippen LogP contribution in [0.3, 0.4) is 0 Å². The Bertz CT molecular complexity index is 1050. The first-order valence-electron chi connectivity index (χ1n) is 8.65. The number of esters is 1. The van der Waals surface area contributed by atoms with Crippen LogP contribution in [0, 0.1) is 5.82 Å². The second kappa shape index (κ2) is 8.62. The Morgan fingerprint density at radius 3 is 2.79 bits per heavy atom. The van der Waals surface area contributed by atoms with Crippen molar-refractivity contribution < 1.29 is 18.7 Å². The number of nitrogens with zero attached hydrogens (tertiary/aromatic N) is 2. The third kappa shape index (κ3) is 4.52. The predicted molar refractivity (Wildman–Crippen MR) is 102 cm³/mol. The van der Waals surface area contributed by atoms with Crippen molar-refractivity contribution in [2.45, 2.75) is 6.54 Å². The molecule has 0 unspecified atom stereocenters. The van der Waals surface area contributed by atoms with Crippen LogP contribution in [0.5, 0.6) is 5.75 Å². The number of hydrogen-bond donors (Lipinski definition) is 1. The molecule has 8 heteroatoms. The maximum atomic E-state index is 13.5. The van der Waals surface area contributed by atoms with Gasteiger partial charge in [-0.15, -0.1) is 0 Å².